The standard InChI is InChI=1S/C9H12O4/c1-6-2-7(11)3-9(13-6)4-8(12)5-10/h2-3,8,10,12H,4-5H2,1H3. The zero-order chi connectivity index (χ0) is 9.84. The van der Waals surface area contributed by atoms with Gasteiger partial charge in [-0.15, -0.1) is 0 Å². The van der Waals surface area contributed by atoms with Crippen molar-refractivity contribution in [2.45, 2.75) is 19.4 Å². The summed E-state index contributed by atoms with van der Waals surface area (Å²) in [4.78, 5) is 11.0. The van der Waals surface area contributed by atoms with Gasteiger partial charge in [-0.3, -0.25) is 4.79 Å². The number of hydrogen-bond acceptors (Lipinski definition) is 4. The molecule has 1 rings (SSSR count). The minimum atomic E-state index is -0.870. The predicted molar refractivity (Wildman–Crippen MR) is 46.5 cm³/mol. The maximum atomic E-state index is 11.0. The van der Waals surface area contributed by atoms with Crippen LogP contribution in [0, 0.1) is 6.92 Å². The van der Waals surface area contributed by atoms with Crippen LogP contribution in [-0.2, 0) is 6.42 Å². The Kier molecular flexibility index (Phi) is 3.22. The minimum Gasteiger partial charge on any atom is -0.466 e. The molecule has 0 aliphatic rings. The van der Waals surface area contributed by atoms with Gasteiger partial charge in [0, 0.05) is 18.6 Å². The van der Waals surface area contributed by atoms with Crippen molar-refractivity contribution in [3.05, 3.63) is 33.9 Å². The summed E-state index contributed by atoms with van der Waals surface area (Å²) < 4.78 is 5.16. The van der Waals surface area contributed by atoms with Crippen LogP contribution in [0.15, 0.2) is 21.3 Å². The lowest BCUT2D eigenvalue weighted by Crippen LogP contribution is -2.16. The van der Waals surface area contributed by atoms with Crippen molar-refractivity contribution in [3.63, 3.8) is 0 Å². The van der Waals surface area contributed by atoms with E-state index < -0.39 is 6.10 Å². The van der Waals surface area contributed by atoms with Gasteiger partial charge in [0.05, 0.1) is 12.7 Å². The van der Waals surface area contributed by atoms with Gasteiger partial charge < -0.3 is 14.6 Å². The molecule has 4 nitrogen and oxygen atoms in total. The van der Waals surface area contributed by atoms with Crippen molar-refractivity contribution < 1.29 is 14.6 Å². The maximum absolute atomic E-state index is 11.0. The monoisotopic (exact) mass is 184 g/mol. The maximum Gasteiger partial charge on any atom is 0.185 e. The number of hydrogen-bond donors (Lipinski definition) is 2. The van der Waals surface area contributed by atoms with Crippen LogP contribution in [0.2, 0.25) is 0 Å². The van der Waals surface area contributed by atoms with Crippen LogP contribution in [0.4, 0.5) is 0 Å². The Morgan fingerprint density at radius 1 is 1.54 bits per heavy atom. The molecule has 0 bridgehead atoms. The summed E-state index contributed by atoms with van der Waals surface area (Å²) in [5, 5.41) is 17.6. The van der Waals surface area contributed by atoms with E-state index in [2.05, 4.69) is 0 Å². The summed E-state index contributed by atoms with van der Waals surface area (Å²) in [5.41, 5.74) is -0.149. The Labute approximate surface area is 75.4 Å². The summed E-state index contributed by atoms with van der Waals surface area (Å²) in [5.74, 6) is 0.902. The van der Waals surface area contributed by atoms with E-state index in [0.29, 0.717) is 11.5 Å². The highest BCUT2D eigenvalue weighted by molar-refractivity contribution is 5.06. The number of rotatable bonds is 3. The zero-order valence-electron chi connectivity index (χ0n) is 7.36. The van der Waals surface area contributed by atoms with Crippen molar-refractivity contribution in [2.24, 2.45) is 0 Å². The molecule has 0 saturated heterocycles. The molecular weight excluding hydrogens is 172 g/mol. The third-order valence-corrected chi connectivity index (χ3v) is 1.59. The summed E-state index contributed by atoms with van der Waals surface area (Å²) in [6.45, 7) is 1.33. The van der Waals surface area contributed by atoms with Gasteiger partial charge in [-0.05, 0) is 6.92 Å². The van der Waals surface area contributed by atoms with Crippen LogP contribution in [0.5, 0.6) is 0 Å². The Hall–Kier alpha value is -1.13. The number of aliphatic hydroxyl groups excluding tert-OH is 2. The van der Waals surface area contributed by atoms with Crippen LogP contribution in [0.1, 0.15) is 11.5 Å². The first-order valence-electron chi connectivity index (χ1n) is 4.01. The fourth-order valence-corrected chi connectivity index (χ4v) is 1.06. The molecule has 0 aliphatic heterocycles. The molecule has 0 saturated carbocycles. The molecule has 0 aliphatic carbocycles. The highest BCUT2D eigenvalue weighted by Gasteiger charge is 2.06. The van der Waals surface area contributed by atoms with Gasteiger partial charge >= 0.3 is 0 Å². The van der Waals surface area contributed by atoms with E-state index in [1.54, 1.807) is 6.92 Å². The van der Waals surface area contributed by atoms with Crippen LogP contribution in [0.3, 0.4) is 0 Å². The first-order chi connectivity index (χ1) is 6.11. The third kappa shape index (κ3) is 3.01. The Balaban J connectivity index is 2.83. The Bertz CT molecular complexity index is 329. The highest BCUT2D eigenvalue weighted by Crippen LogP contribution is 2.03. The summed E-state index contributed by atoms with van der Waals surface area (Å²) >= 11 is 0. The smallest absolute Gasteiger partial charge is 0.185 e. The largest absolute Gasteiger partial charge is 0.466 e. The molecule has 2 N–H and O–H groups in total. The molecule has 0 amide bonds. The molecule has 0 radical (unpaired) electrons. The topological polar surface area (TPSA) is 70.7 Å². The van der Waals surface area contributed by atoms with Gasteiger partial charge in [0.15, 0.2) is 5.43 Å². The third-order valence-electron chi connectivity index (χ3n) is 1.59. The number of aliphatic hydroxyl groups is 2. The highest BCUT2D eigenvalue weighted by atomic mass is 16.3. The van der Waals surface area contributed by atoms with Crippen LogP contribution in [-0.4, -0.2) is 22.9 Å². The molecule has 1 aromatic rings. The number of aryl methyl sites for hydroxylation is 1. The summed E-state index contributed by atoms with van der Waals surface area (Å²) in [6, 6.07) is 2.68. The molecule has 13 heavy (non-hydrogen) atoms. The van der Waals surface area contributed by atoms with E-state index in [1.165, 1.54) is 12.1 Å². The van der Waals surface area contributed by atoms with E-state index in [-0.39, 0.29) is 18.5 Å². The van der Waals surface area contributed by atoms with Gasteiger partial charge in [-0.25, -0.2) is 0 Å². The lowest BCUT2D eigenvalue weighted by atomic mass is 10.2. The molecule has 1 aromatic heterocycles. The van der Waals surface area contributed by atoms with Crippen LogP contribution in [0.25, 0.3) is 0 Å². The van der Waals surface area contributed by atoms with Gasteiger partial charge in [-0.1, -0.05) is 0 Å². The second-order valence-corrected chi connectivity index (χ2v) is 2.91. The van der Waals surface area contributed by atoms with Crippen molar-refractivity contribution in [2.75, 3.05) is 6.61 Å². The van der Waals surface area contributed by atoms with Gasteiger partial charge in [-0.2, -0.15) is 0 Å². The van der Waals surface area contributed by atoms with Crippen LogP contribution < -0.4 is 5.43 Å². The van der Waals surface area contributed by atoms with Crippen molar-refractivity contribution in [3.8, 4) is 0 Å². The molecule has 72 valence electrons. The molecule has 4 heteroatoms. The molecule has 0 aromatic carbocycles. The summed E-state index contributed by atoms with van der Waals surface area (Å²) in [6.07, 6.45) is -0.710. The zero-order valence-corrected chi connectivity index (χ0v) is 7.36. The molecule has 1 unspecified atom stereocenters. The molecule has 1 heterocycles. The summed E-state index contributed by atoms with van der Waals surface area (Å²) in [7, 11) is 0. The van der Waals surface area contributed by atoms with E-state index in [4.69, 9.17) is 14.6 Å². The van der Waals surface area contributed by atoms with Gasteiger partial charge in [0.2, 0.25) is 0 Å². The lowest BCUT2D eigenvalue weighted by Gasteiger charge is -2.05. The van der Waals surface area contributed by atoms with Gasteiger partial charge in [0.1, 0.15) is 11.5 Å². The average molecular weight is 184 g/mol. The van der Waals surface area contributed by atoms with Crippen molar-refractivity contribution in [1.82, 2.24) is 0 Å². The molecule has 0 fully saturated rings. The Morgan fingerprint density at radius 3 is 2.77 bits per heavy atom. The SMILES string of the molecule is Cc1cc(=O)cc(CC(O)CO)o1. The fourth-order valence-electron chi connectivity index (χ4n) is 1.06. The first-order valence-corrected chi connectivity index (χ1v) is 4.01. The Morgan fingerprint density at radius 2 is 2.23 bits per heavy atom. The van der Waals surface area contributed by atoms with E-state index in [0.717, 1.165) is 0 Å². The van der Waals surface area contributed by atoms with E-state index in [9.17, 15) is 4.79 Å². The van der Waals surface area contributed by atoms with Crippen molar-refractivity contribution in [1.29, 1.82) is 0 Å². The molecule has 0 spiro atoms. The van der Waals surface area contributed by atoms with Gasteiger partial charge in [0.25, 0.3) is 0 Å². The van der Waals surface area contributed by atoms with Crippen molar-refractivity contribution >= 4 is 0 Å². The fraction of sp³-hybridized carbons (Fsp3) is 0.444. The van der Waals surface area contributed by atoms with Crippen LogP contribution >= 0.6 is 0 Å². The first kappa shape index (κ1) is 9.95. The lowest BCUT2D eigenvalue weighted by molar-refractivity contribution is 0.0905. The minimum absolute atomic E-state index is 0.149. The second kappa shape index (κ2) is 4.20. The quantitative estimate of drug-likeness (QED) is 0.685. The van der Waals surface area contributed by atoms with E-state index >= 15 is 0 Å². The average Bonchev–Trinajstić information content (AvgIpc) is 2.02. The normalized spacial score (nSPS) is 12.8. The molecule has 1 atom stereocenters. The van der Waals surface area contributed by atoms with E-state index in [1.807, 2.05) is 0 Å². The molecular formula is C9H12O4. The predicted octanol–water partition coefficient (Wildman–Crippen LogP) is -0.156. The second-order valence-electron chi connectivity index (χ2n) is 2.91.